The Morgan fingerprint density at radius 3 is 2.53 bits per heavy atom. The van der Waals surface area contributed by atoms with Crippen LogP contribution in [0.25, 0.3) is 0 Å². The Morgan fingerprint density at radius 2 is 2.00 bits per heavy atom. The van der Waals surface area contributed by atoms with Gasteiger partial charge in [0.15, 0.2) is 0 Å². The molecule has 0 atom stereocenters. The average molecular weight is 262 g/mol. The van der Waals surface area contributed by atoms with E-state index < -0.39 is 0 Å². The van der Waals surface area contributed by atoms with Crippen LogP contribution in [0.4, 0.5) is 5.69 Å². The van der Waals surface area contributed by atoms with Gasteiger partial charge in [0.2, 0.25) is 0 Å². The molecule has 0 saturated heterocycles. The second kappa shape index (κ2) is 5.41. The van der Waals surface area contributed by atoms with Crippen LogP contribution in [-0.4, -0.2) is 19.7 Å². The molecule has 3 nitrogen and oxygen atoms in total. The first kappa shape index (κ1) is 14.2. The third-order valence-corrected chi connectivity index (χ3v) is 3.92. The Bertz CT molecular complexity index is 431. The van der Waals surface area contributed by atoms with Crippen LogP contribution in [0.5, 0.6) is 5.75 Å². The van der Waals surface area contributed by atoms with Gasteiger partial charge in [-0.15, -0.1) is 0 Å². The Labute approximate surface area is 116 Å². The van der Waals surface area contributed by atoms with Gasteiger partial charge in [0.25, 0.3) is 0 Å². The Hall–Kier alpha value is -1.22. The zero-order valence-corrected chi connectivity index (χ0v) is 12.5. The van der Waals surface area contributed by atoms with Crippen molar-refractivity contribution in [3.05, 3.63) is 23.8 Å². The van der Waals surface area contributed by atoms with E-state index in [1.165, 1.54) is 5.56 Å². The number of hydrogen-bond donors (Lipinski definition) is 2. The van der Waals surface area contributed by atoms with Crippen LogP contribution in [0.3, 0.4) is 0 Å². The van der Waals surface area contributed by atoms with Gasteiger partial charge in [-0.1, -0.05) is 26.8 Å². The number of rotatable bonds is 4. The van der Waals surface area contributed by atoms with E-state index in [0.29, 0.717) is 12.0 Å². The van der Waals surface area contributed by atoms with Crippen LogP contribution < -0.4 is 15.8 Å². The number of anilines is 1. The van der Waals surface area contributed by atoms with Crippen molar-refractivity contribution >= 4 is 5.69 Å². The highest BCUT2D eigenvalue weighted by Gasteiger charge is 2.25. The summed E-state index contributed by atoms with van der Waals surface area (Å²) in [6.45, 7) is 7.66. The van der Waals surface area contributed by atoms with E-state index in [1.54, 1.807) is 7.11 Å². The van der Waals surface area contributed by atoms with E-state index >= 15 is 0 Å². The third kappa shape index (κ3) is 3.41. The summed E-state index contributed by atoms with van der Waals surface area (Å²) in [6, 6.07) is 6.81. The average Bonchev–Trinajstić information content (AvgIpc) is 2.31. The predicted octanol–water partition coefficient (Wildman–Crippen LogP) is 3.14. The fraction of sp³-hybridized carbons (Fsp3) is 0.625. The highest BCUT2D eigenvalue weighted by Crippen LogP contribution is 2.33. The smallest absolute Gasteiger partial charge is 0.141 e. The second-order valence-electron chi connectivity index (χ2n) is 6.64. The van der Waals surface area contributed by atoms with Gasteiger partial charge in [0, 0.05) is 12.6 Å². The van der Waals surface area contributed by atoms with Gasteiger partial charge < -0.3 is 15.8 Å². The van der Waals surface area contributed by atoms with Gasteiger partial charge in [-0.25, -0.2) is 0 Å². The maximum Gasteiger partial charge on any atom is 0.141 e. The van der Waals surface area contributed by atoms with E-state index in [9.17, 15) is 0 Å². The topological polar surface area (TPSA) is 47.3 Å². The van der Waals surface area contributed by atoms with Crippen molar-refractivity contribution in [2.45, 2.75) is 45.1 Å². The minimum Gasteiger partial charge on any atom is -0.495 e. The van der Waals surface area contributed by atoms with Crippen LogP contribution >= 0.6 is 0 Å². The molecule has 1 fully saturated rings. The molecule has 0 aromatic heterocycles. The van der Waals surface area contributed by atoms with E-state index in [2.05, 4.69) is 44.3 Å². The first-order valence-electron chi connectivity index (χ1n) is 7.08. The summed E-state index contributed by atoms with van der Waals surface area (Å²) in [6.07, 6.45) is 2.27. The Morgan fingerprint density at radius 1 is 1.32 bits per heavy atom. The standard InChI is InChI=1S/C16H26N2O/c1-16(2,3)12-5-6-15(19-4)14(9-12)18-10-11-7-13(17)8-11/h5-6,9,11,13,18H,7-8,10,17H2,1-4H3. The molecule has 1 aliphatic rings. The third-order valence-electron chi connectivity index (χ3n) is 3.92. The van der Waals surface area contributed by atoms with Gasteiger partial charge in [-0.05, 0) is 41.9 Å². The lowest BCUT2D eigenvalue weighted by Gasteiger charge is -2.33. The highest BCUT2D eigenvalue weighted by atomic mass is 16.5. The van der Waals surface area contributed by atoms with Crippen molar-refractivity contribution in [2.75, 3.05) is 19.0 Å². The van der Waals surface area contributed by atoms with Crippen molar-refractivity contribution in [3.8, 4) is 5.75 Å². The normalized spacial score (nSPS) is 22.8. The molecule has 106 valence electrons. The van der Waals surface area contributed by atoms with Crippen molar-refractivity contribution < 1.29 is 4.74 Å². The molecule has 0 unspecified atom stereocenters. The van der Waals surface area contributed by atoms with Crippen molar-refractivity contribution in [2.24, 2.45) is 11.7 Å². The lowest BCUT2D eigenvalue weighted by Crippen LogP contribution is -2.39. The van der Waals surface area contributed by atoms with Gasteiger partial charge >= 0.3 is 0 Å². The summed E-state index contributed by atoms with van der Waals surface area (Å²) in [7, 11) is 1.72. The van der Waals surface area contributed by atoms with Crippen LogP contribution in [0.15, 0.2) is 18.2 Å². The first-order chi connectivity index (χ1) is 8.90. The highest BCUT2D eigenvalue weighted by molar-refractivity contribution is 5.59. The molecule has 0 spiro atoms. The van der Waals surface area contributed by atoms with E-state index in [4.69, 9.17) is 10.5 Å². The quantitative estimate of drug-likeness (QED) is 0.876. The number of nitrogens with two attached hydrogens (primary N) is 1. The van der Waals surface area contributed by atoms with E-state index in [1.807, 2.05) is 0 Å². The fourth-order valence-electron chi connectivity index (χ4n) is 2.52. The fourth-order valence-corrected chi connectivity index (χ4v) is 2.52. The van der Waals surface area contributed by atoms with E-state index in [-0.39, 0.29) is 5.41 Å². The summed E-state index contributed by atoms with van der Waals surface area (Å²) in [4.78, 5) is 0. The van der Waals surface area contributed by atoms with Crippen LogP contribution in [0.2, 0.25) is 0 Å². The molecular formula is C16H26N2O. The van der Waals surface area contributed by atoms with Crippen molar-refractivity contribution in [1.29, 1.82) is 0 Å². The lowest BCUT2D eigenvalue weighted by molar-refractivity contribution is 0.280. The monoisotopic (exact) mass is 262 g/mol. The van der Waals surface area contributed by atoms with Crippen molar-refractivity contribution in [1.82, 2.24) is 0 Å². The number of hydrogen-bond acceptors (Lipinski definition) is 3. The molecule has 3 heteroatoms. The Balaban J connectivity index is 2.08. The maximum absolute atomic E-state index is 5.82. The van der Waals surface area contributed by atoms with E-state index in [0.717, 1.165) is 30.8 Å². The molecule has 3 N–H and O–H groups in total. The van der Waals surface area contributed by atoms with Crippen LogP contribution in [0, 0.1) is 5.92 Å². The molecule has 0 heterocycles. The maximum atomic E-state index is 5.82. The van der Waals surface area contributed by atoms with Gasteiger partial charge in [0.1, 0.15) is 5.75 Å². The minimum absolute atomic E-state index is 0.154. The Kier molecular flexibility index (Phi) is 4.04. The molecule has 1 aliphatic carbocycles. The van der Waals surface area contributed by atoms with Gasteiger partial charge in [-0.3, -0.25) is 0 Å². The first-order valence-corrected chi connectivity index (χ1v) is 7.08. The molecule has 1 aromatic rings. The molecule has 19 heavy (non-hydrogen) atoms. The SMILES string of the molecule is COc1ccc(C(C)(C)C)cc1NCC1CC(N)C1. The molecule has 2 rings (SSSR count). The van der Waals surface area contributed by atoms with Gasteiger partial charge in [-0.2, -0.15) is 0 Å². The largest absolute Gasteiger partial charge is 0.495 e. The molecule has 0 aliphatic heterocycles. The number of benzene rings is 1. The summed E-state index contributed by atoms with van der Waals surface area (Å²) in [5, 5.41) is 3.52. The second-order valence-corrected chi connectivity index (χ2v) is 6.64. The molecule has 0 radical (unpaired) electrons. The zero-order valence-electron chi connectivity index (χ0n) is 12.5. The van der Waals surface area contributed by atoms with Gasteiger partial charge in [0.05, 0.1) is 12.8 Å². The molecule has 0 bridgehead atoms. The molecule has 1 saturated carbocycles. The van der Waals surface area contributed by atoms with Crippen molar-refractivity contribution in [3.63, 3.8) is 0 Å². The number of ether oxygens (including phenoxy) is 1. The summed E-state index contributed by atoms with van der Waals surface area (Å²) < 4.78 is 5.43. The number of nitrogens with one attached hydrogen (secondary N) is 1. The zero-order chi connectivity index (χ0) is 14.0. The number of methoxy groups -OCH3 is 1. The summed E-state index contributed by atoms with van der Waals surface area (Å²) >= 11 is 0. The van der Waals surface area contributed by atoms with Crippen LogP contribution in [-0.2, 0) is 5.41 Å². The van der Waals surface area contributed by atoms with Crippen LogP contribution in [0.1, 0.15) is 39.2 Å². The molecule has 0 amide bonds. The minimum atomic E-state index is 0.154. The predicted molar refractivity (Wildman–Crippen MR) is 80.9 cm³/mol. The lowest BCUT2D eigenvalue weighted by atomic mass is 9.81. The summed E-state index contributed by atoms with van der Waals surface area (Å²) in [5.41, 5.74) is 8.39. The molecule has 1 aromatic carbocycles. The summed E-state index contributed by atoms with van der Waals surface area (Å²) in [5.74, 6) is 1.62. The molecular weight excluding hydrogens is 236 g/mol.